The van der Waals surface area contributed by atoms with E-state index >= 15 is 0 Å². The van der Waals surface area contributed by atoms with Crippen molar-refractivity contribution in [2.45, 2.75) is 20.0 Å². The highest BCUT2D eigenvalue weighted by Crippen LogP contribution is 2.24. The van der Waals surface area contributed by atoms with E-state index in [1.165, 1.54) is 18.2 Å². The smallest absolute Gasteiger partial charge is 0.271 e. The predicted octanol–water partition coefficient (Wildman–Crippen LogP) is 5.15. The molecular formula is C25H22ClN3O3. The van der Waals surface area contributed by atoms with Crippen LogP contribution >= 0.6 is 11.6 Å². The van der Waals surface area contributed by atoms with Gasteiger partial charge in [0.05, 0.1) is 17.8 Å². The second kappa shape index (κ2) is 9.68. The van der Waals surface area contributed by atoms with Gasteiger partial charge in [-0.25, -0.2) is 5.43 Å². The Morgan fingerprint density at radius 1 is 1.06 bits per heavy atom. The summed E-state index contributed by atoms with van der Waals surface area (Å²) in [6.45, 7) is 3.27. The maximum atomic E-state index is 12.3. The number of hydrazone groups is 1. The van der Waals surface area contributed by atoms with Gasteiger partial charge in [-0.3, -0.25) is 4.79 Å². The van der Waals surface area contributed by atoms with Crippen molar-refractivity contribution in [2.24, 2.45) is 5.10 Å². The molecule has 0 atom stereocenters. The van der Waals surface area contributed by atoms with Crippen molar-refractivity contribution >= 4 is 34.5 Å². The van der Waals surface area contributed by atoms with E-state index in [1.54, 1.807) is 6.21 Å². The molecular weight excluding hydrogens is 426 g/mol. The van der Waals surface area contributed by atoms with Crippen LogP contribution in [-0.4, -0.2) is 17.2 Å². The van der Waals surface area contributed by atoms with Crippen molar-refractivity contribution in [1.29, 1.82) is 0 Å². The fraction of sp³-hybridized carbons (Fsp3) is 0.120. The number of fused-ring (bicyclic) bond motifs is 1. The number of nitrogens with one attached hydrogen (secondary N) is 2. The molecule has 4 rings (SSSR count). The molecule has 3 N–H and O–H groups in total. The molecule has 3 aromatic carbocycles. The Balaban J connectivity index is 1.46. The summed E-state index contributed by atoms with van der Waals surface area (Å²) in [5.41, 5.74) is 4.84. The summed E-state index contributed by atoms with van der Waals surface area (Å²) in [5.74, 6) is 1.31. The van der Waals surface area contributed by atoms with Crippen LogP contribution in [0.15, 0.2) is 76.2 Å². The predicted molar refractivity (Wildman–Crippen MR) is 126 cm³/mol. The largest absolute Gasteiger partial charge is 0.506 e. The third-order valence-electron chi connectivity index (χ3n) is 5.04. The van der Waals surface area contributed by atoms with Gasteiger partial charge < -0.3 is 14.8 Å². The molecule has 1 amide bonds. The van der Waals surface area contributed by atoms with Crippen molar-refractivity contribution in [1.82, 2.24) is 10.7 Å². The summed E-state index contributed by atoms with van der Waals surface area (Å²) < 4.78 is 5.60. The molecule has 1 heterocycles. The second-order valence-corrected chi connectivity index (χ2v) is 7.75. The van der Waals surface area contributed by atoms with E-state index in [9.17, 15) is 9.90 Å². The van der Waals surface area contributed by atoms with Gasteiger partial charge in [-0.1, -0.05) is 48.0 Å². The molecule has 4 aromatic rings. The molecule has 0 spiro atoms. The van der Waals surface area contributed by atoms with E-state index in [-0.39, 0.29) is 10.8 Å². The lowest BCUT2D eigenvalue weighted by Gasteiger charge is -2.10. The number of phenols is 1. The number of rotatable bonds is 7. The summed E-state index contributed by atoms with van der Waals surface area (Å²) in [6, 6.07) is 20.3. The minimum absolute atomic E-state index is 0.0768. The number of hydrogen-bond donors (Lipinski definition) is 3. The standard InChI is InChI=1S/C25H22ClN3O3/c1-16-6-10-20(32-16)15-27-13-18-7-8-19(22-5-3-2-4-21(18)22)14-28-29-25(31)17-9-11-24(30)23(26)12-17/h2-12,14,27,30H,13,15H2,1H3,(H,29,31)/b28-14+. The van der Waals surface area contributed by atoms with E-state index in [4.69, 9.17) is 16.0 Å². The van der Waals surface area contributed by atoms with E-state index < -0.39 is 5.91 Å². The summed E-state index contributed by atoms with van der Waals surface area (Å²) in [4.78, 5) is 12.3. The number of aryl methyl sites for hydroxylation is 1. The summed E-state index contributed by atoms with van der Waals surface area (Å²) >= 11 is 5.86. The number of aromatic hydroxyl groups is 1. The average Bonchev–Trinajstić information content (AvgIpc) is 3.21. The summed E-state index contributed by atoms with van der Waals surface area (Å²) in [7, 11) is 0. The third-order valence-corrected chi connectivity index (χ3v) is 5.34. The SMILES string of the molecule is Cc1ccc(CNCc2ccc(/C=N/NC(=O)c3ccc(O)c(Cl)c3)c3ccccc23)o1. The molecule has 1 aromatic heterocycles. The van der Waals surface area contributed by atoms with Crippen molar-refractivity contribution in [2.75, 3.05) is 0 Å². The summed E-state index contributed by atoms with van der Waals surface area (Å²) in [6.07, 6.45) is 1.62. The molecule has 7 heteroatoms. The van der Waals surface area contributed by atoms with Gasteiger partial charge >= 0.3 is 0 Å². The van der Waals surface area contributed by atoms with Crippen molar-refractivity contribution in [3.05, 3.63) is 100.0 Å². The topological polar surface area (TPSA) is 86.9 Å². The van der Waals surface area contributed by atoms with Crippen LogP contribution in [0.1, 0.15) is 33.0 Å². The van der Waals surface area contributed by atoms with Crippen LogP contribution in [0.2, 0.25) is 5.02 Å². The van der Waals surface area contributed by atoms with Crippen LogP contribution in [-0.2, 0) is 13.1 Å². The van der Waals surface area contributed by atoms with Crippen molar-refractivity contribution < 1.29 is 14.3 Å². The van der Waals surface area contributed by atoms with Crippen LogP contribution in [0.4, 0.5) is 0 Å². The first kappa shape index (κ1) is 21.6. The van der Waals surface area contributed by atoms with Gasteiger partial charge in [0, 0.05) is 17.7 Å². The van der Waals surface area contributed by atoms with Crippen molar-refractivity contribution in [3.63, 3.8) is 0 Å². The van der Waals surface area contributed by atoms with E-state index in [0.717, 1.165) is 33.4 Å². The van der Waals surface area contributed by atoms with E-state index in [0.29, 0.717) is 18.7 Å². The quantitative estimate of drug-likeness (QED) is 0.270. The highest BCUT2D eigenvalue weighted by atomic mass is 35.5. The lowest BCUT2D eigenvalue weighted by atomic mass is 10.00. The molecule has 6 nitrogen and oxygen atoms in total. The molecule has 0 aliphatic rings. The Labute approximate surface area is 190 Å². The Bertz CT molecular complexity index is 1300. The first-order valence-electron chi connectivity index (χ1n) is 10.1. The number of nitrogens with zero attached hydrogens (tertiary/aromatic N) is 1. The van der Waals surface area contributed by atoms with Gasteiger partial charge in [-0.2, -0.15) is 5.10 Å². The fourth-order valence-corrected chi connectivity index (χ4v) is 3.61. The van der Waals surface area contributed by atoms with Crippen molar-refractivity contribution in [3.8, 4) is 5.75 Å². The molecule has 0 saturated carbocycles. The number of benzene rings is 3. The van der Waals surface area contributed by atoms with Gasteiger partial charge in [0.25, 0.3) is 5.91 Å². The van der Waals surface area contributed by atoms with E-state index in [2.05, 4.69) is 21.9 Å². The zero-order chi connectivity index (χ0) is 22.5. The first-order chi connectivity index (χ1) is 15.5. The number of hydrogen-bond acceptors (Lipinski definition) is 5. The molecule has 32 heavy (non-hydrogen) atoms. The Morgan fingerprint density at radius 2 is 1.88 bits per heavy atom. The zero-order valence-corrected chi connectivity index (χ0v) is 18.2. The summed E-state index contributed by atoms with van der Waals surface area (Å²) in [5, 5.41) is 19.2. The molecule has 0 aliphatic heterocycles. The van der Waals surface area contributed by atoms with E-state index in [1.807, 2.05) is 49.4 Å². The lowest BCUT2D eigenvalue weighted by Crippen LogP contribution is -2.17. The first-order valence-corrected chi connectivity index (χ1v) is 10.5. The van der Waals surface area contributed by atoms with Crippen LogP contribution < -0.4 is 10.7 Å². The van der Waals surface area contributed by atoms with Crippen LogP contribution in [0.3, 0.4) is 0 Å². The van der Waals surface area contributed by atoms with Gasteiger partial charge in [0.2, 0.25) is 0 Å². The highest BCUT2D eigenvalue weighted by molar-refractivity contribution is 6.32. The zero-order valence-electron chi connectivity index (χ0n) is 17.4. The van der Waals surface area contributed by atoms with Crippen LogP contribution in [0.25, 0.3) is 10.8 Å². The monoisotopic (exact) mass is 447 g/mol. The maximum Gasteiger partial charge on any atom is 0.271 e. The van der Waals surface area contributed by atoms with Gasteiger partial charge in [0.1, 0.15) is 17.3 Å². The number of carbonyl (C=O) groups excluding carboxylic acids is 1. The number of phenolic OH excluding ortho intramolecular Hbond substituents is 1. The van der Waals surface area contributed by atoms with Crippen LogP contribution in [0.5, 0.6) is 5.75 Å². The van der Waals surface area contributed by atoms with Crippen LogP contribution in [0, 0.1) is 6.92 Å². The van der Waals surface area contributed by atoms with Gasteiger partial charge in [-0.15, -0.1) is 0 Å². The number of halogens is 1. The average molecular weight is 448 g/mol. The fourth-order valence-electron chi connectivity index (χ4n) is 3.43. The highest BCUT2D eigenvalue weighted by Gasteiger charge is 2.08. The Kier molecular flexibility index (Phi) is 6.54. The van der Waals surface area contributed by atoms with Gasteiger partial charge in [0.15, 0.2) is 0 Å². The molecule has 0 saturated heterocycles. The minimum atomic E-state index is -0.415. The maximum absolute atomic E-state index is 12.3. The molecule has 0 aliphatic carbocycles. The molecule has 0 unspecified atom stereocenters. The second-order valence-electron chi connectivity index (χ2n) is 7.34. The molecule has 0 fully saturated rings. The Morgan fingerprint density at radius 3 is 2.62 bits per heavy atom. The third kappa shape index (κ3) is 4.99. The number of carbonyl (C=O) groups is 1. The normalized spacial score (nSPS) is 11.3. The minimum Gasteiger partial charge on any atom is -0.506 e. The number of furan rings is 1. The molecule has 0 bridgehead atoms. The Hall–Kier alpha value is -3.61. The molecule has 162 valence electrons. The molecule has 0 radical (unpaired) electrons. The lowest BCUT2D eigenvalue weighted by molar-refractivity contribution is 0.0955. The van der Waals surface area contributed by atoms with Gasteiger partial charge in [-0.05, 0) is 53.6 Å². The number of amides is 1.